The lowest BCUT2D eigenvalue weighted by Crippen LogP contribution is -2.27. The molecule has 0 radical (unpaired) electrons. The van der Waals surface area contributed by atoms with Gasteiger partial charge in [0.05, 0.1) is 12.3 Å². The summed E-state index contributed by atoms with van der Waals surface area (Å²) in [7, 11) is 0. The van der Waals surface area contributed by atoms with Crippen LogP contribution in [0.1, 0.15) is 18.1 Å². The lowest BCUT2D eigenvalue weighted by Gasteiger charge is -2.21. The Morgan fingerprint density at radius 2 is 2.32 bits per heavy atom. The predicted molar refractivity (Wildman–Crippen MR) is 80.9 cm³/mol. The number of nitrogens with zero attached hydrogens (tertiary/aromatic N) is 4. The van der Waals surface area contributed by atoms with Gasteiger partial charge in [-0.3, -0.25) is 4.68 Å². The summed E-state index contributed by atoms with van der Waals surface area (Å²) < 4.78 is 14.9. The molecule has 1 aliphatic heterocycles. The number of benzene rings is 1. The van der Waals surface area contributed by atoms with E-state index in [4.69, 9.17) is 11.6 Å². The fourth-order valence-electron chi connectivity index (χ4n) is 2.94. The number of aliphatic hydroxyl groups is 1. The van der Waals surface area contributed by atoms with Gasteiger partial charge < -0.3 is 10.0 Å². The van der Waals surface area contributed by atoms with Crippen molar-refractivity contribution < 1.29 is 9.50 Å². The molecule has 0 spiro atoms. The average Bonchev–Trinajstić information content (AvgIpc) is 3.11. The maximum absolute atomic E-state index is 13.1. The molecule has 1 saturated heterocycles. The molecule has 7 heteroatoms. The standard InChI is InChI=1S/C15H18ClFN4O/c16-14-7-12(17)1-2-13(14)15(22)10-20-5-3-11(8-20)9-21-6-4-18-19-21/h1-2,4,6-7,11,15,22H,3,5,8-10H2. The second-order valence-electron chi connectivity index (χ2n) is 5.72. The monoisotopic (exact) mass is 324 g/mol. The van der Waals surface area contributed by atoms with E-state index in [9.17, 15) is 9.50 Å². The van der Waals surface area contributed by atoms with Crippen LogP contribution < -0.4 is 0 Å². The van der Waals surface area contributed by atoms with E-state index in [2.05, 4.69) is 15.2 Å². The Morgan fingerprint density at radius 1 is 1.45 bits per heavy atom. The number of rotatable bonds is 5. The van der Waals surface area contributed by atoms with Crippen molar-refractivity contribution in [1.29, 1.82) is 0 Å². The van der Waals surface area contributed by atoms with Crippen molar-refractivity contribution in [2.45, 2.75) is 19.1 Å². The van der Waals surface area contributed by atoms with Crippen LogP contribution in [0.15, 0.2) is 30.6 Å². The van der Waals surface area contributed by atoms with Gasteiger partial charge in [-0.05, 0) is 31.0 Å². The van der Waals surface area contributed by atoms with Crippen LogP contribution in [-0.2, 0) is 6.54 Å². The van der Waals surface area contributed by atoms with Gasteiger partial charge >= 0.3 is 0 Å². The van der Waals surface area contributed by atoms with Crippen molar-refractivity contribution in [3.8, 4) is 0 Å². The lowest BCUT2D eigenvalue weighted by molar-refractivity contribution is 0.123. The number of aromatic nitrogens is 3. The highest BCUT2D eigenvalue weighted by Crippen LogP contribution is 2.26. The largest absolute Gasteiger partial charge is 0.387 e. The van der Waals surface area contributed by atoms with Crippen molar-refractivity contribution >= 4 is 11.6 Å². The molecule has 2 atom stereocenters. The smallest absolute Gasteiger partial charge is 0.124 e. The summed E-state index contributed by atoms with van der Waals surface area (Å²) in [5.74, 6) is 0.104. The van der Waals surface area contributed by atoms with Gasteiger partial charge in [-0.15, -0.1) is 5.10 Å². The van der Waals surface area contributed by atoms with Gasteiger partial charge in [0, 0.05) is 36.4 Å². The molecule has 2 aromatic rings. The minimum absolute atomic E-state index is 0.269. The van der Waals surface area contributed by atoms with Crippen molar-refractivity contribution in [1.82, 2.24) is 19.9 Å². The van der Waals surface area contributed by atoms with Crippen molar-refractivity contribution in [2.75, 3.05) is 19.6 Å². The summed E-state index contributed by atoms with van der Waals surface area (Å²) in [4.78, 5) is 2.20. The van der Waals surface area contributed by atoms with Gasteiger partial charge in [0.25, 0.3) is 0 Å². The van der Waals surface area contributed by atoms with Crippen LogP contribution in [0.5, 0.6) is 0 Å². The molecule has 5 nitrogen and oxygen atoms in total. The van der Waals surface area contributed by atoms with Crippen LogP contribution in [-0.4, -0.2) is 44.6 Å². The van der Waals surface area contributed by atoms with Crippen LogP contribution >= 0.6 is 11.6 Å². The zero-order valence-electron chi connectivity index (χ0n) is 12.1. The highest BCUT2D eigenvalue weighted by atomic mass is 35.5. The first kappa shape index (κ1) is 15.4. The Hall–Kier alpha value is -1.50. The first-order chi connectivity index (χ1) is 10.6. The van der Waals surface area contributed by atoms with E-state index in [0.717, 1.165) is 26.1 Å². The van der Waals surface area contributed by atoms with Gasteiger partial charge in [-0.25, -0.2) is 4.39 Å². The molecule has 1 aliphatic rings. The molecule has 0 aliphatic carbocycles. The second-order valence-corrected chi connectivity index (χ2v) is 6.13. The van der Waals surface area contributed by atoms with E-state index in [0.29, 0.717) is 18.0 Å². The van der Waals surface area contributed by atoms with Gasteiger partial charge in [0.15, 0.2) is 0 Å². The fraction of sp³-hybridized carbons (Fsp3) is 0.467. The molecule has 3 rings (SSSR count). The van der Waals surface area contributed by atoms with E-state index >= 15 is 0 Å². The Balaban J connectivity index is 1.55. The fourth-order valence-corrected chi connectivity index (χ4v) is 3.23. The summed E-state index contributed by atoms with van der Waals surface area (Å²) in [5.41, 5.74) is 0.572. The molecule has 0 amide bonds. The first-order valence-electron chi connectivity index (χ1n) is 7.31. The van der Waals surface area contributed by atoms with Crippen molar-refractivity contribution in [3.05, 3.63) is 47.0 Å². The number of hydrogen-bond acceptors (Lipinski definition) is 4. The summed E-state index contributed by atoms with van der Waals surface area (Å²) >= 11 is 6.00. The summed E-state index contributed by atoms with van der Waals surface area (Å²) in [5, 5.41) is 18.4. The Bertz CT molecular complexity index is 622. The third-order valence-corrected chi connectivity index (χ3v) is 4.37. The van der Waals surface area contributed by atoms with E-state index in [-0.39, 0.29) is 5.02 Å². The molecule has 118 valence electrons. The van der Waals surface area contributed by atoms with Crippen LogP contribution in [0, 0.1) is 11.7 Å². The SMILES string of the molecule is OC(CN1CCC(Cn2ccnn2)C1)c1ccc(F)cc1Cl. The third kappa shape index (κ3) is 3.63. The lowest BCUT2D eigenvalue weighted by atomic mass is 10.1. The predicted octanol–water partition coefficient (Wildman–Crippen LogP) is 2.13. The van der Waals surface area contributed by atoms with Crippen LogP contribution in [0.4, 0.5) is 4.39 Å². The van der Waals surface area contributed by atoms with Gasteiger partial charge in [0.2, 0.25) is 0 Å². The van der Waals surface area contributed by atoms with E-state index in [1.54, 1.807) is 12.3 Å². The average molecular weight is 325 g/mol. The normalized spacial score (nSPS) is 20.4. The van der Waals surface area contributed by atoms with E-state index in [1.165, 1.54) is 12.1 Å². The molecular weight excluding hydrogens is 307 g/mol. The Morgan fingerprint density at radius 3 is 3.05 bits per heavy atom. The van der Waals surface area contributed by atoms with E-state index < -0.39 is 11.9 Å². The number of halogens is 2. The highest BCUT2D eigenvalue weighted by molar-refractivity contribution is 6.31. The molecule has 1 fully saturated rings. The van der Waals surface area contributed by atoms with Crippen LogP contribution in [0.2, 0.25) is 5.02 Å². The Kier molecular flexibility index (Phi) is 4.71. The topological polar surface area (TPSA) is 54.2 Å². The zero-order chi connectivity index (χ0) is 15.5. The maximum Gasteiger partial charge on any atom is 0.124 e. The van der Waals surface area contributed by atoms with Crippen LogP contribution in [0.25, 0.3) is 0 Å². The molecule has 1 aromatic heterocycles. The quantitative estimate of drug-likeness (QED) is 0.915. The molecule has 2 heterocycles. The molecule has 1 N–H and O–H groups in total. The van der Waals surface area contributed by atoms with Crippen molar-refractivity contribution in [3.63, 3.8) is 0 Å². The van der Waals surface area contributed by atoms with Gasteiger partial charge in [-0.2, -0.15) is 0 Å². The van der Waals surface area contributed by atoms with Crippen molar-refractivity contribution in [2.24, 2.45) is 5.92 Å². The summed E-state index contributed by atoms with van der Waals surface area (Å²) in [6.45, 7) is 3.16. The molecule has 0 saturated carbocycles. The number of hydrogen-bond donors (Lipinski definition) is 1. The highest BCUT2D eigenvalue weighted by Gasteiger charge is 2.25. The number of likely N-dealkylation sites (tertiary alicyclic amines) is 1. The second kappa shape index (κ2) is 6.73. The molecule has 2 unspecified atom stereocenters. The number of β-amino-alcohol motifs (C(OH)–C–C–N with tert-alkyl or cyclic N) is 1. The first-order valence-corrected chi connectivity index (χ1v) is 7.69. The van der Waals surface area contributed by atoms with Crippen LogP contribution in [0.3, 0.4) is 0 Å². The zero-order valence-corrected chi connectivity index (χ0v) is 12.8. The molecule has 22 heavy (non-hydrogen) atoms. The summed E-state index contributed by atoms with van der Waals surface area (Å²) in [6, 6.07) is 4.10. The van der Waals surface area contributed by atoms with Gasteiger partial charge in [-0.1, -0.05) is 22.9 Å². The maximum atomic E-state index is 13.1. The minimum Gasteiger partial charge on any atom is -0.387 e. The number of aliphatic hydroxyl groups excluding tert-OH is 1. The third-order valence-electron chi connectivity index (χ3n) is 4.04. The molecule has 0 bridgehead atoms. The summed E-state index contributed by atoms with van der Waals surface area (Å²) in [6.07, 6.45) is 3.88. The minimum atomic E-state index is -0.710. The molecule has 1 aromatic carbocycles. The molecular formula is C15H18ClFN4O. The Labute approximate surface area is 133 Å². The van der Waals surface area contributed by atoms with Gasteiger partial charge in [0.1, 0.15) is 5.82 Å². The van der Waals surface area contributed by atoms with E-state index in [1.807, 2.05) is 10.9 Å².